The summed E-state index contributed by atoms with van der Waals surface area (Å²) in [5.74, 6) is 0.807. The average molecular weight is 334 g/mol. The molecular weight excluding hydrogens is 312 g/mol. The highest BCUT2D eigenvalue weighted by atomic mass is 32.2. The van der Waals surface area contributed by atoms with Crippen molar-refractivity contribution in [3.05, 3.63) is 41.7 Å². The number of aryl methyl sites for hydroxylation is 1. The van der Waals surface area contributed by atoms with E-state index in [-0.39, 0.29) is 5.91 Å². The highest BCUT2D eigenvalue weighted by Gasteiger charge is 2.08. The maximum absolute atomic E-state index is 11.9. The minimum atomic E-state index is 0.0158. The number of aromatic nitrogens is 3. The molecule has 0 bridgehead atoms. The van der Waals surface area contributed by atoms with E-state index in [1.807, 2.05) is 28.8 Å². The van der Waals surface area contributed by atoms with Crippen LogP contribution < -0.4 is 0 Å². The molecule has 7 heteroatoms. The summed E-state index contributed by atoms with van der Waals surface area (Å²) in [6.07, 6.45) is 2.68. The van der Waals surface area contributed by atoms with Gasteiger partial charge in [-0.25, -0.2) is 0 Å². The maximum atomic E-state index is 11.9. The SMILES string of the molecule is COCCCn1cnnc1SCc1ccc(C(=O)N(C)C)cc1. The van der Waals surface area contributed by atoms with Crippen molar-refractivity contribution in [3.63, 3.8) is 0 Å². The van der Waals surface area contributed by atoms with Crippen LogP contribution in [0.4, 0.5) is 0 Å². The monoisotopic (exact) mass is 334 g/mol. The summed E-state index contributed by atoms with van der Waals surface area (Å²) in [7, 11) is 5.21. The number of rotatable bonds is 8. The molecule has 1 aromatic heterocycles. The molecule has 2 aromatic rings. The van der Waals surface area contributed by atoms with E-state index in [0.717, 1.165) is 36.0 Å². The van der Waals surface area contributed by atoms with Crippen LogP contribution in [0.1, 0.15) is 22.3 Å². The van der Waals surface area contributed by atoms with Crippen LogP contribution in [-0.4, -0.2) is 53.4 Å². The molecule has 0 fully saturated rings. The lowest BCUT2D eigenvalue weighted by Gasteiger charge is -2.10. The third-order valence-electron chi connectivity index (χ3n) is 3.30. The van der Waals surface area contributed by atoms with E-state index < -0.39 is 0 Å². The molecule has 124 valence electrons. The fourth-order valence-corrected chi connectivity index (χ4v) is 2.94. The van der Waals surface area contributed by atoms with Gasteiger partial charge in [0.25, 0.3) is 5.91 Å². The summed E-state index contributed by atoms with van der Waals surface area (Å²) in [6.45, 7) is 1.57. The van der Waals surface area contributed by atoms with Gasteiger partial charge in [-0.3, -0.25) is 4.79 Å². The number of hydrogen-bond donors (Lipinski definition) is 0. The number of ether oxygens (including phenoxy) is 1. The first-order valence-electron chi connectivity index (χ1n) is 7.42. The molecule has 0 saturated heterocycles. The number of nitrogens with zero attached hydrogens (tertiary/aromatic N) is 4. The molecule has 0 unspecified atom stereocenters. The fraction of sp³-hybridized carbons (Fsp3) is 0.438. The van der Waals surface area contributed by atoms with Crippen molar-refractivity contribution >= 4 is 17.7 Å². The minimum Gasteiger partial charge on any atom is -0.385 e. The first-order valence-corrected chi connectivity index (χ1v) is 8.40. The summed E-state index contributed by atoms with van der Waals surface area (Å²) < 4.78 is 7.10. The Morgan fingerprint density at radius 2 is 2.04 bits per heavy atom. The molecule has 0 atom stereocenters. The summed E-state index contributed by atoms with van der Waals surface area (Å²) in [5.41, 5.74) is 1.85. The molecule has 0 radical (unpaired) electrons. The summed E-state index contributed by atoms with van der Waals surface area (Å²) in [4.78, 5) is 13.4. The molecule has 0 aliphatic heterocycles. The van der Waals surface area contributed by atoms with Crippen molar-refractivity contribution in [2.45, 2.75) is 23.9 Å². The number of carbonyl (C=O) groups is 1. The van der Waals surface area contributed by atoms with E-state index in [1.54, 1.807) is 44.2 Å². The average Bonchev–Trinajstić information content (AvgIpc) is 3.00. The lowest BCUT2D eigenvalue weighted by molar-refractivity contribution is 0.0827. The summed E-state index contributed by atoms with van der Waals surface area (Å²) >= 11 is 1.64. The third kappa shape index (κ3) is 5.07. The largest absolute Gasteiger partial charge is 0.385 e. The van der Waals surface area contributed by atoms with E-state index in [2.05, 4.69) is 10.2 Å². The molecule has 0 spiro atoms. The predicted molar refractivity (Wildman–Crippen MR) is 90.5 cm³/mol. The van der Waals surface area contributed by atoms with E-state index in [1.165, 1.54) is 0 Å². The molecule has 0 aliphatic carbocycles. The highest BCUT2D eigenvalue weighted by Crippen LogP contribution is 2.21. The maximum Gasteiger partial charge on any atom is 0.253 e. The topological polar surface area (TPSA) is 60.2 Å². The molecule has 1 amide bonds. The van der Waals surface area contributed by atoms with Gasteiger partial charge in [-0.05, 0) is 24.1 Å². The molecule has 1 heterocycles. The second-order valence-electron chi connectivity index (χ2n) is 5.34. The zero-order valence-corrected chi connectivity index (χ0v) is 14.5. The van der Waals surface area contributed by atoms with Crippen LogP contribution >= 0.6 is 11.8 Å². The van der Waals surface area contributed by atoms with Gasteiger partial charge in [0.05, 0.1) is 0 Å². The van der Waals surface area contributed by atoms with Crippen LogP contribution in [-0.2, 0) is 17.0 Å². The Balaban J connectivity index is 1.91. The van der Waals surface area contributed by atoms with E-state index in [0.29, 0.717) is 5.56 Å². The van der Waals surface area contributed by atoms with Crippen LogP contribution in [0.15, 0.2) is 35.7 Å². The van der Waals surface area contributed by atoms with Crippen LogP contribution in [0.5, 0.6) is 0 Å². The summed E-state index contributed by atoms with van der Waals surface area (Å²) in [5, 5.41) is 9.02. The second-order valence-corrected chi connectivity index (χ2v) is 6.28. The summed E-state index contributed by atoms with van der Waals surface area (Å²) in [6, 6.07) is 7.69. The number of hydrogen-bond acceptors (Lipinski definition) is 5. The van der Waals surface area contributed by atoms with Crippen LogP contribution in [0.3, 0.4) is 0 Å². The van der Waals surface area contributed by atoms with Gasteiger partial charge in [0.1, 0.15) is 6.33 Å². The van der Waals surface area contributed by atoms with Gasteiger partial charge >= 0.3 is 0 Å². The lowest BCUT2D eigenvalue weighted by Crippen LogP contribution is -2.21. The molecule has 0 saturated carbocycles. The van der Waals surface area contributed by atoms with Gasteiger partial charge in [0, 0.05) is 45.7 Å². The van der Waals surface area contributed by atoms with Gasteiger partial charge in [-0.1, -0.05) is 23.9 Å². The molecule has 6 nitrogen and oxygen atoms in total. The second kappa shape index (κ2) is 8.69. The molecule has 0 aliphatic rings. The Morgan fingerprint density at radius 3 is 2.70 bits per heavy atom. The molecular formula is C16H22N4O2S. The van der Waals surface area contributed by atoms with E-state index >= 15 is 0 Å². The highest BCUT2D eigenvalue weighted by molar-refractivity contribution is 7.98. The van der Waals surface area contributed by atoms with E-state index in [4.69, 9.17) is 4.74 Å². The number of amides is 1. The lowest BCUT2D eigenvalue weighted by atomic mass is 10.1. The molecule has 0 N–H and O–H groups in total. The fourth-order valence-electron chi connectivity index (χ4n) is 2.04. The van der Waals surface area contributed by atoms with Gasteiger partial charge < -0.3 is 14.2 Å². The van der Waals surface area contributed by atoms with Gasteiger partial charge in [-0.2, -0.15) is 0 Å². The van der Waals surface area contributed by atoms with Crippen molar-refractivity contribution in [1.82, 2.24) is 19.7 Å². The Bertz CT molecular complexity index is 625. The minimum absolute atomic E-state index is 0.0158. The molecule has 2 rings (SSSR count). The van der Waals surface area contributed by atoms with Crippen molar-refractivity contribution in [3.8, 4) is 0 Å². The Hall–Kier alpha value is -1.86. The quantitative estimate of drug-likeness (QED) is 0.548. The number of benzene rings is 1. The number of carbonyl (C=O) groups excluding carboxylic acids is 1. The number of thioether (sulfide) groups is 1. The smallest absolute Gasteiger partial charge is 0.253 e. The first kappa shape index (κ1) is 17.5. The van der Waals surface area contributed by atoms with Gasteiger partial charge in [0.2, 0.25) is 0 Å². The Labute approximate surface area is 140 Å². The van der Waals surface area contributed by atoms with Crippen molar-refractivity contribution in [1.29, 1.82) is 0 Å². The van der Waals surface area contributed by atoms with Crippen LogP contribution in [0.2, 0.25) is 0 Å². The van der Waals surface area contributed by atoms with Crippen LogP contribution in [0, 0.1) is 0 Å². The Morgan fingerprint density at radius 1 is 1.30 bits per heavy atom. The van der Waals surface area contributed by atoms with Crippen LogP contribution in [0.25, 0.3) is 0 Å². The Kier molecular flexibility index (Phi) is 6.61. The van der Waals surface area contributed by atoms with Crippen molar-refractivity contribution < 1.29 is 9.53 Å². The molecule has 23 heavy (non-hydrogen) atoms. The first-order chi connectivity index (χ1) is 11.1. The molecule has 1 aromatic carbocycles. The predicted octanol–water partition coefficient (Wildman–Crippen LogP) is 2.31. The number of methoxy groups -OCH3 is 1. The normalized spacial score (nSPS) is 10.7. The van der Waals surface area contributed by atoms with E-state index in [9.17, 15) is 4.79 Å². The van der Waals surface area contributed by atoms with Gasteiger partial charge in [-0.15, -0.1) is 10.2 Å². The van der Waals surface area contributed by atoms with Crippen molar-refractivity contribution in [2.75, 3.05) is 27.8 Å². The van der Waals surface area contributed by atoms with Gasteiger partial charge in [0.15, 0.2) is 5.16 Å². The zero-order chi connectivity index (χ0) is 16.7. The third-order valence-corrected chi connectivity index (χ3v) is 4.35. The standard InChI is InChI=1S/C16H22N4O2S/c1-19(2)15(21)14-7-5-13(6-8-14)11-23-16-18-17-12-20(16)9-4-10-22-3/h5-8,12H,4,9-11H2,1-3H3. The van der Waals surface area contributed by atoms with Crippen molar-refractivity contribution in [2.24, 2.45) is 0 Å². The zero-order valence-electron chi connectivity index (χ0n) is 13.7.